The Hall–Kier alpha value is -1.84. The Morgan fingerprint density at radius 2 is 2.06 bits per heavy atom. The van der Waals surface area contributed by atoms with E-state index in [0.29, 0.717) is 29.2 Å². The van der Waals surface area contributed by atoms with Gasteiger partial charge in [0.15, 0.2) is 17.3 Å². The van der Waals surface area contributed by atoms with E-state index in [1.54, 1.807) is 25.5 Å². The summed E-state index contributed by atoms with van der Waals surface area (Å²) in [5.74, 6) is 1.25. The van der Waals surface area contributed by atoms with Crippen molar-refractivity contribution in [1.29, 1.82) is 0 Å². The van der Waals surface area contributed by atoms with Crippen molar-refractivity contribution in [3.63, 3.8) is 0 Å². The lowest BCUT2D eigenvalue weighted by Gasteiger charge is -2.17. The molecule has 0 unspecified atom stereocenters. The molecule has 0 amide bonds. The lowest BCUT2D eigenvalue weighted by molar-refractivity contribution is 0.100. The van der Waals surface area contributed by atoms with Crippen LogP contribution in [0.3, 0.4) is 0 Å². The number of methoxy groups -OCH3 is 1. The van der Waals surface area contributed by atoms with Crippen molar-refractivity contribution in [1.82, 2.24) is 0 Å². The number of nitrogens with zero attached hydrogens (tertiary/aromatic N) is 1. The van der Waals surface area contributed by atoms with E-state index in [9.17, 15) is 4.79 Å². The fourth-order valence-corrected chi connectivity index (χ4v) is 1.72. The predicted molar refractivity (Wildman–Crippen MR) is 65.9 cm³/mol. The third-order valence-corrected chi connectivity index (χ3v) is 2.45. The van der Waals surface area contributed by atoms with Gasteiger partial charge in [0.05, 0.1) is 18.9 Å². The summed E-state index contributed by atoms with van der Waals surface area (Å²) < 4.78 is 10.9. The number of hydrogen-bond acceptors (Lipinski definition) is 4. The number of ketones is 1. The zero-order chi connectivity index (χ0) is 12.4. The molecule has 0 N–H and O–H groups in total. The minimum absolute atomic E-state index is 0.0465. The number of hydrogen-bond donors (Lipinski definition) is 0. The number of fused-ring (bicyclic) bond motifs is 1. The molecule has 0 aromatic heterocycles. The Labute approximate surface area is 100 Å². The van der Waals surface area contributed by atoms with Gasteiger partial charge in [-0.1, -0.05) is 0 Å². The lowest BCUT2D eigenvalue weighted by Crippen LogP contribution is -2.09. The molecule has 0 atom stereocenters. The van der Waals surface area contributed by atoms with Crippen molar-refractivity contribution < 1.29 is 14.3 Å². The van der Waals surface area contributed by atoms with Gasteiger partial charge in [-0.05, 0) is 19.9 Å². The molecule has 1 aliphatic heterocycles. The summed E-state index contributed by atoms with van der Waals surface area (Å²) in [5.41, 5.74) is 1.25. The van der Waals surface area contributed by atoms with Gasteiger partial charge in [0.1, 0.15) is 0 Å². The van der Waals surface area contributed by atoms with Crippen LogP contribution in [-0.4, -0.2) is 25.2 Å². The first-order valence-corrected chi connectivity index (χ1v) is 5.56. The number of Topliss-reactive ketones (excluding diaryl/α,β-unsaturated/α-hetero) is 1. The molecule has 0 bridgehead atoms. The summed E-state index contributed by atoms with van der Waals surface area (Å²) in [5, 5.41) is 0. The van der Waals surface area contributed by atoms with Crippen LogP contribution in [0.5, 0.6) is 11.5 Å². The zero-order valence-electron chi connectivity index (χ0n) is 10.2. The average molecular weight is 233 g/mol. The zero-order valence-corrected chi connectivity index (χ0v) is 10.2. The number of ether oxygens (including phenoxy) is 2. The molecule has 0 saturated carbocycles. The van der Waals surface area contributed by atoms with E-state index < -0.39 is 0 Å². The number of benzene rings is 1. The van der Waals surface area contributed by atoms with Crippen molar-refractivity contribution in [3.05, 3.63) is 17.7 Å². The van der Waals surface area contributed by atoms with Gasteiger partial charge in [0.25, 0.3) is 0 Å². The molecule has 17 heavy (non-hydrogen) atoms. The van der Waals surface area contributed by atoms with Crippen LogP contribution in [-0.2, 0) is 0 Å². The largest absolute Gasteiger partial charge is 0.493 e. The molecule has 90 valence electrons. The standard InChI is InChI=1S/C13H15NO3/c1-8(2)17-13-7-10-9(6-12(13)16-3)11(15)4-5-14-10/h5-8H,4H2,1-3H3. The third kappa shape index (κ3) is 2.30. The Balaban J connectivity index is 2.48. The van der Waals surface area contributed by atoms with Crippen LogP contribution in [0.1, 0.15) is 30.6 Å². The molecule has 1 aromatic carbocycles. The van der Waals surface area contributed by atoms with Crippen LogP contribution >= 0.6 is 0 Å². The van der Waals surface area contributed by atoms with Crippen LogP contribution in [0, 0.1) is 0 Å². The Kier molecular flexibility index (Phi) is 3.13. The van der Waals surface area contributed by atoms with Gasteiger partial charge in [-0.2, -0.15) is 0 Å². The number of aliphatic imine (C=N–C) groups is 1. The van der Waals surface area contributed by atoms with E-state index in [0.717, 1.165) is 0 Å². The van der Waals surface area contributed by atoms with E-state index in [1.165, 1.54) is 0 Å². The molecule has 1 heterocycles. The summed E-state index contributed by atoms with van der Waals surface area (Å²) >= 11 is 0. The Bertz CT molecular complexity index is 478. The lowest BCUT2D eigenvalue weighted by atomic mass is 10.0. The fraction of sp³-hybridized carbons (Fsp3) is 0.385. The van der Waals surface area contributed by atoms with Gasteiger partial charge in [0, 0.05) is 24.3 Å². The second-order valence-electron chi connectivity index (χ2n) is 4.13. The summed E-state index contributed by atoms with van der Waals surface area (Å²) in [7, 11) is 1.56. The molecule has 0 radical (unpaired) electrons. The fourth-order valence-electron chi connectivity index (χ4n) is 1.72. The monoisotopic (exact) mass is 233 g/mol. The summed E-state index contributed by atoms with van der Waals surface area (Å²) in [6, 6.07) is 3.45. The Morgan fingerprint density at radius 1 is 1.29 bits per heavy atom. The normalized spacial score (nSPS) is 13.8. The molecular formula is C13H15NO3. The number of carbonyl (C=O) groups is 1. The molecule has 1 aromatic rings. The van der Waals surface area contributed by atoms with Crippen molar-refractivity contribution in [2.24, 2.45) is 4.99 Å². The average Bonchev–Trinajstić information content (AvgIpc) is 2.28. The molecule has 0 fully saturated rings. The smallest absolute Gasteiger partial charge is 0.170 e. The van der Waals surface area contributed by atoms with Crippen molar-refractivity contribution in [2.75, 3.05) is 7.11 Å². The quantitative estimate of drug-likeness (QED) is 0.806. The van der Waals surface area contributed by atoms with Crippen LogP contribution in [0.2, 0.25) is 0 Å². The SMILES string of the molecule is COc1cc2c(cc1OC(C)C)N=CCC2=O. The molecule has 1 aliphatic rings. The highest BCUT2D eigenvalue weighted by atomic mass is 16.5. The van der Waals surface area contributed by atoms with Crippen molar-refractivity contribution >= 4 is 17.7 Å². The topological polar surface area (TPSA) is 47.9 Å². The van der Waals surface area contributed by atoms with Gasteiger partial charge in [0.2, 0.25) is 0 Å². The van der Waals surface area contributed by atoms with Gasteiger partial charge < -0.3 is 9.47 Å². The van der Waals surface area contributed by atoms with E-state index in [4.69, 9.17) is 9.47 Å². The summed E-state index contributed by atoms with van der Waals surface area (Å²) in [4.78, 5) is 15.9. The van der Waals surface area contributed by atoms with E-state index in [2.05, 4.69) is 4.99 Å². The highest BCUT2D eigenvalue weighted by Crippen LogP contribution is 2.37. The van der Waals surface area contributed by atoms with E-state index in [-0.39, 0.29) is 11.9 Å². The molecule has 0 saturated heterocycles. The number of rotatable bonds is 3. The van der Waals surface area contributed by atoms with E-state index >= 15 is 0 Å². The second-order valence-corrected chi connectivity index (χ2v) is 4.13. The summed E-state index contributed by atoms with van der Waals surface area (Å²) in [6.07, 6.45) is 2.02. The first-order valence-electron chi connectivity index (χ1n) is 5.56. The van der Waals surface area contributed by atoms with Crippen molar-refractivity contribution in [3.8, 4) is 11.5 Å². The molecule has 2 rings (SSSR count). The minimum Gasteiger partial charge on any atom is -0.493 e. The minimum atomic E-state index is 0.0465. The van der Waals surface area contributed by atoms with Crippen LogP contribution in [0.15, 0.2) is 17.1 Å². The first-order chi connectivity index (χ1) is 8.11. The first kappa shape index (κ1) is 11.6. The highest BCUT2D eigenvalue weighted by molar-refractivity contribution is 6.10. The Morgan fingerprint density at radius 3 is 2.71 bits per heavy atom. The van der Waals surface area contributed by atoms with Gasteiger partial charge >= 0.3 is 0 Å². The maximum Gasteiger partial charge on any atom is 0.170 e. The second kappa shape index (κ2) is 4.57. The predicted octanol–water partition coefficient (Wildman–Crippen LogP) is 2.77. The maximum atomic E-state index is 11.7. The molecular weight excluding hydrogens is 218 g/mol. The van der Waals surface area contributed by atoms with Gasteiger partial charge in [-0.3, -0.25) is 9.79 Å². The van der Waals surface area contributed by atoms with Crippen LogP contribution < -0.4 is 9.47 Å². The van der Waals surface area contributed by atoms with E-state index in [1.807, 2.05) is 13.8 Å². The molecule has 4 nitrogen and oxygen atoms in total. The van der Waals surface area contributed by atoms with Crippen molar-refractivity contribution in [2.45, 2.75) is 26.4 Å². The van der Waals surface area contributed by atoms with Crippen LogP contribution in [0.25, 0.3) is 0 Å². The third-order valence-electron chi connectivity index (χ3n) is 2.45. The molecule has 0 spiro atoms. The highest BCUT2D eigenvalue weighted by Gasteiger charge is 2.19. The van der Waals surface area contributed by atoms with Gasteiger partial charge in [-0.15, -0.1) is 0 Å². The van der Waals surface area contributed by atoms with Crippen LogP contribution in [0.4, 0.5) is 5.69 Å². The van der Waals surface area contributed by atoms with Gasteiger partial charge in [-0.25, -0.2) is 0 Å². The maximum absolute atomic E-state index is 11.7. The number of carbonyl (C=O) groups excluding carboxylic acids is 1. The molecule has 0 aliphatic carbocycles. The molecule has 4 heteroatoms. The summed E-state index contributed by atoms with van der Waals surface area (Å²) in [6.45, 7) is 3.88.